The standard InChI is InChI=1S/C15H18BrN3OS/c1-2-5-13-14(21-19-18-13)15(20)17-12-8-3-6-11(10-12)7-4-9-16/h3,6,8,10H,2,4-5,7,9H2,1H3,(H,17,20). The molecule has 0 spiro atoms. The lowest BCUT2D eigenvalue weighted by molar-refractivity contribution is 0.102. The van der Waals surface area contributed by atoms with Crippen LogP contribution >= 0.6 is 27.5 Å². The highest BCUT2D eigenvalue weighted by molar-refractivity contribution is 9.09. The smallest absolute Gasteiger partial charge is 0.269 e. The van der Waals surface area contributed by atoms with Crippen LogP contribution in [0.25, 0.3) is 0 Å². The minimum atomic E-state index is -0.119. The first-order valence-corrected chi connectivity index (χ1v) is 8.91. The zero-order valence-electron chi connectivity index (χ0n) is 11.9. The van der Waals surface area contributed by atoms with Crippen LogP contribution < -0.4 is 5.32 Å². The highest BCUT2D eigenvalue weighted by Crippen LogP contribution is 2.17. The molecule has 2 rings (SSSR count). The summed E-state index contributed by atoms with van der Waals surface area (Å²) in [7, 11) is 0. The maximum atomic E-state index is 12.3. The fourth-order valence-electron chi connectivity index (χ4n) is 2.04. The number of halogens is 1. The monoisotopic (exact) mass is 367 g/mol. The van der Waals surface area contributed by atoms with E-state index in [0.717, 1.165) is 53.9 Å². The molecule has 0 radical (unpaired) electrons. The number of carbonyl (C=O) groups is 1. The molecule has 0 atom stereocenters. The summed E-state index contributed by atoms with van der Waals surface area (Å²) in [4.78, 5) is 12.9. The fraction of sp³-hybridized carbons (Fsp3) is 0.400. The largest absolute Gasteiger partial charge is 0.321 e. The van der Waals surface area contributed by atoms with Crippen molar-refractivity contribution >= 4 is 39.1 Å². The van der Waals surface area contributed by atoms with Gasteiger partial charge in [0.25, 0.3) is 5.91 Å². The molecule has 6 heteroatoms. The van der Waals surface area contributed by atoms with Gasteiger partial charge in [-0.15, -0.1) is 5.10 Å². The third kappa shape index (κ3) is 4.61. The molecule has 0 aliphatic heterocycles. The molecule has 21 heavy (non-hydrogen) atoms. The number of nitrogens with zero attached hydrogens (tertiary/aromatic N) is 2. The molecule has 0 aliphatic carbocycles. The van der Waals surface area contributed by atoms with Crippen LogP contribution in [0.4, 0.5) is 5.69 Å². The Bertz CT molecular complexity index is 600. The Morgan fingerprint density at radius 2 is 2.24 bits per heavy atom. The van der Waals surface area contributed by atoms with E-state index in [-0.39, 0.29) is 5.91 Å². The summed E-state index contributed by atoms with van der Waals surface area (Å²) in [5.41, 5.74) is 2.84. The van der Waals surface area contributed by atoms with Gasteiger partial charge in [0.15, 0.2) is 0 Å². The lowest BCUT2D eigenvalue weighted by atomic mass is 10.1. The third-order valence-corrected chi connectivity index (χ3v) is 4.36. The van der Waals surface area contributed by atoms with Crippen LogP contribution in [0.5, 0.6) is 0 Å². The quantitative estimate of drug-likeness (QED) is 0.750. The summed E-state index contributed by atoms with van der Waals surface area (Å²) in [5, 5.41) is 7.95. The molecule has 0 aliphatic rings. The minimum Gasteiger partial charge on any atom is -0.321 e. The van der Waals surface area contributed by atoms with Crippen molar-refractivity contribution in [3.63, 3.8) is 0 Å². The van der Waals surface area contributed by atoms with Crippen molar-refractivity contribution in [3.8, 4) is 0 Å². The number of hydrogen-bond donors (Lipinski definition) is 1. The Morgan fingerprint density at radius 1 is 1.38 bits per heavy atom. The van der Waals surface area contributed by atoms with E-state index < -0.39 is 0 Å². The van der Waals surface area contributed by atoms with Gasteiger partial charge in [-0.1, -0.05) is 45.9 Å². The maximum Gasteiger partial charge on any atom is 0.269 e. The summed E-state index contributed by atoms with van der Waals surface area (Å²) >= 11 is 4.59. The second-order valence-electron chi connectivity index (χ2n) is 4.75. The topological polar surface area (TPSA) is 54.9 Å². The number of nitrogens with one attached hydrogen (secondary N) is 1. The third-order valence-electron chi connectivity index (χ3n) is 3.03. The van der Waals surface area contributed by atoms with Gasteiger partial charge in [-0.3, -0.25) is 4.79 Å². The van der Waals surface area contributed by atoms with Gasteiger partial charge >= 0.3 is 0 Å². The van der Waals surface area contributed by atoms with Crippen molar-refractivity contribution < 1.29 is 4.79 Å². The molecule has 1 amide bonds. The average Bonchev–Trinajstić information content (AvgIpc) is 2.94. The van der Waals surface area contributed by atoms with Crippen molar-refractivity contribution in [2.45, 2.75) is 32.6 Å². The molecule has 0 unspecified atom stereocenters. The van der Waals surface area contributed by atoms with Crippen molar-refractivity contribution in [2.24, 2.45) is 0 Å². The highest BCUT2D eigenvalue weighted by Gasteiger charge is 2.15. The van der Waals surface area contributed by atoms with Crippen molar-refractivity contribution in [2.75, 3.05) is 10.6 Å². The van der Waals surface area contributed by atoms with Crippen LogP contribution in [0, 0.1) is 0 Å². The van der Waals surface area contributed by atoms with Gasteiger partial charge in [0.1, 0.15) is 4.88 Å². The Balaban J connectivity index is 2.06. The lowest BCUT2D eigenvalue weighted by Crippen LogP contribution is -2.12. The first kappa shape index (κ1) is 16.1. The van der Waals surface area contributed by atoms with Crippen LogP contribution in [-0.4, -0.2) is 20.8 Å². The fourth-order valence-corrected chi connectivity index (χ4v) is 2.93. The van der Waals surface area contributed by atoms with Gasteiger partial charge in [-0.25, -0.2) is 0 Å². The number of anilines is 1. The Morgan fingerprint density at radius 3 is 3.00 bits per heavy atom. The van der Waals surface area contributed by atoms with Crippen LogP contribution in [0.2, 0.25) is 0 Å². The zero-order valence-corrected chi connectivity index (χ0v) is 14.3. The Labute approximate surface area is 137 Å². The predicted octanol–water partition coefficient (Wildman–Crippen LogP) is 4.07. The van der Waals surface area contributed by atoms with E-state index >= 15 is 0 Å². The summed E-state index contributed by atoms with van der Waals surface area (Å²) in [6.45, 7) is 2.06. The van der Waals surface area contributed by atoms with Gasteiger partial charge < -0.3 is 5.32 Å². The SMILES string of the molecule is CCCc1nnsc1C(=O)Nc1cccc(CCCBr)c1. The molecular weight excluding hydrogens is 350 g/mol. The van der Waals surface area contributed by atoms with Gasteiger partial charge in [0.05, 0.1) is 5.69 Å². The van der Waals surface area contributed by atoms with Crippen LogP contribution in [0.1, 0.15) is 40.7 Å². The molecule has 1 N–H and O–H groups in total. The molecule has 1 heterocycles. The summed E-state index contributed by atoms with van der Waals surface area (Å²) in [5.74, 6) is -0.119. The molecule has 112 valence electrons. The second-order valence-corrected chi connectivity index (χ2v) is 6.29. The van der Waals surface area contributed by atoms with Crippen molar-refractivity contribution in [3.05, 3.63) is 40.4 Å². The molecule has 1 aromatic carbocycles. The van der Waals surface area contributed by atoms with Gasteiger partial charge in [0.2, 0.25) is 0 Å². The van der Waals surface area contributed by atoms with E-state index in [1.54, 1.807) is 0 Å². The number of rotatable bonds is 7. The Hall–Kier alpha value is -1.27. The minimum absolute atomic E-state index is 0.119. The van der Waals surface area contributed by atoms with Crippen LogP contribution in [0.3, 0.4) is 0 Å². The van der Waals surface area contributed by atoms with E-state index in [9.17, 15) is 4.79 Å². The first-order valence-electron chi connectivity index (χ1n) is 7.02. The molecular formula is C15H18BrN3OS. The van der Waals surface area contributed by atoms with E-state index in [0.29, 0.717) is 4.88 Å². The van der Waals surface area contributed by atoms with Crippen molar-refractivity contribution in [1.29, 1.82) is 0 Å². The number of aromatic nitrogens is 2. The molecule has 1 aromatic heterocycles. The summed E-state index contributed by atoms with van der Waals surface area (Å²) in [6, 6.07) is 7.98. The summed E-state index contributed by atoms with van der Waals surface area (Å²) in [6.07, 6.45) is 3.81. The normalized spacial score (nSPS) is 10.6. The number of aryl methyl sites for hydroxylation is 2. The number of amides is 1. The zero-order chi connectivity index (χ0) is 15.1. The molecule has 0 saturated carbocycles. The molecule has 0 fully saturated rings. The lowest BCUT2D eigenvalue weighted by Gasteiger charge is -2.06. The van der Waals surface area contributed by atoms with Crippen LogP contribution in [0.15, 0.2) is 24.3 Å². The number of alkyl halides is 1. The van der Waals surface area contributed by atoms with E-state index in [4.69, 9.17) is 0 Å². The van der Waals surface area contributed by atoms with E-state index in [1.165, 1.54) is 5.56 Å². The molecule has 0 saturated heterocycles. The maximum absolute atomic E-state index is 12.3. The summed E-state index contributed by atoms with van der Waals surface area (Å²) < 4.78 is 3.89. The molecule has 2 aromatic rings. The average molecular weight is 368 g/mol. The number of carbonyl (C=O) groups excluding carboxylic acids is 1. The van der Waals surface area contributed by atoms with E-state index in [1.807, 2.05) is 18.2 Å². The number of hydrogen-bond acceptors (Lipinski definition) is 4. The number of benzene rings is 1. The molecule has 4 nitrogen and oxygen atoms in total. The van der Waals surface area contributed by atoms with Gasteiger partial charge in [-0.2, -0.15) is 0 Å². The Kier molecular flexibility index (Phi) is 6.32. The molecule has 0 bridgehead atoms. The predicted molar refractivity (Wildman–Crippen MR) is 90.4 cm³/mol. The van der Waals surface area contributed by atoms with Gasteiger partial charge in [-0.05, 0) is 48.5 Å². The van der Waals surface area contributed by atoms with Crippen molar-refractivity contribution in [1.82, 2.24) is 9.59 Å². The van der Waals surface area contributed by atoms with Gasteiger partial charge in [0, 0.05) is 11.0 Å². The van der Waals surface area contributed by atoms with Crippen LogP contribution in [-0.2, 0) is 12.8 Å². The highest BCUT2D eigenvalue weighted by atomic mass is 79.9. The van der Waals surface area contributed by atoms with E-state index in [2.05, 4.69) is 43.8 Å². The first-order chi connectivity index (χ1) is 10.2. The second kappa shape index (κ2) is 8.24.